The lowest BCUT2D eigenvalue weighted by molar-refractivity contribution is -0.139. The van der Waals surface area contributed by atoms with Gasteiger partial charge >= 0.3 is 12.0 Å². The van der Waals surface area contributed by atoms with Crippen LogP contribution >= 0.6 is 27.5 Å². The fraction of sp³-hybridized carbons (Fsp3) is 0.333. The van der Waals surface area contributed by atoms with Crippen molar-refractivity contribution in [1.82, 2.24) is 10.6 Å². The largest absolute Gasteiger partial charge is 0.493 e. The van der Waals surface area contributed by atoms with Crippen LogP contribution in [-0.4, -0.2) is 36.3 Å². The second kappa shape index (κ2) is 14.4. The Morgan fingerprint density at radius 2 is 1.82 bits per heavy atom. The molecule has 10 heteroatoms. The van der Waals surface area contributed by atoms with E-state index in [2.05, 4.69) is 44.8 Å². The third-order valence-electron chi connectivity index (χ3n) is 6.64. The first-order chi connectivity index (χ1) is 19.3. The van der Waals surface area contributed by atoms with Crippen LogP contribution in [0, 0.1) is 5.92 Å². The van der Waals surface area contributed by atoms with Gasteiger partial charge in [0.05, 0.1) is 11.6 Å². The molecule has 1 unspecified atom stereocenters. The molecule has 1 aliphatic rings. The van der Waals surface area contributed by atoms with Gasteiger partial charge in [0.2, 0.25) is 0 Å². The number of carboxylic acid groups (broad SMARTS) is 1. The predicted octanol–water partition coefficient (Wildman–Crippen LogP) is 6.13. The fourth-order valence-corrected chi connectivity index (χ4v) is 5.05. The lowest BCUT2D eigenvalue weighted by Gasteiger charge is -2.19. The second-order valence-electron chi connectivity index (χ2n) is 9.78. The molecule has 0 aromatic heterocycles. The van der Waals surface area contributed by atoms with E-state index in [9.17, 15) is 14.7 Å². The van der Waals surface area contributed by atoms with Gasteiger partial charge < -0.3 is 30.9 Å². The van der Waals surface area contributed by atoms with Crippen molar-refractivity contribution in [2.24, 2.45) is 11.7 Å². The number of ether oxygens (including phenoxy) is 2. The molecule has 3 aromatic rings. The number of hydrogen-bond donors (Lipinski definition) is 4. The third-order valence-corrected chi connectivity index (χ3v) is 7.87. The van der Waals surface area contributed by atoms with Crippen molar-refractivity contribution in [3.8, 4) is 22.6 Å². The Morgan fingerprint density at radius 1 is 1.05 bits per heavy atom. The molecule has 5 N–H and O–H groups in total. The van der Waals surface area contributed by atoms with Crippen LogP contribution in [0.15, 0.2) is 65.1 Å². The molecule has 0 heterocycles. The van der Waals surface area contributed by atoms with Gasteiger partial charge in [-0.2, -0.15) is 0 Å². The summed E-state index contributed by atoms with van der Waals surface area (Å²) in [5.41, 5.74) is 8.96. The number of benzene rings is 3. The minimum Gasteiger partial charge on any atom is -0.493 e. The maximum Gasteiger partial charge on any atom is 0.320 e. The number of nitrogens with one attached hydrogen (secondary N) is 2. The van der Waals surface area contributed by atoms with E-state index in [0.29, 0.717) is 55.0 Å². The normalized spacial score (nSPS) is 13.4. The highest BCUT2D eigenvalue weighted by Crippen LogP contribution is 2.37. The summed E-state index contributed by atoms with van der Waals surface area (Å²) in [5.74, 6) is 0.645. The van der Waals surface area contributed by atoms with Gasteiger partial charge in [-0.1, -0.05) is 60.1 Å². The van der Waals surface area contributed by atoms with Crippen LogP contribution in [-0.2, 0) is 17.9 Å². The topological polar surface area (TPSA) is 123 Å². The Hall–Kier alpha value is -3.27. The molecule has 0 spiro atoms. The van der Waals surface area contributed by atoms with E-state index >= 15 is 0 Å². The lowest BCUT2D eigenvalue weighted by Crippen LogP contribution is -2.37. The number of halogens is 2. The highest BCUT2D eigenvalue weighted by molar-refractivity contribution is 9.10. The van der Waals surface area contributed by atoms with E-state index in [1.54, 1.807) is 12.1 Å². The monoisotopic (exact) mass is 629 g/mol. The molecule has 0 bridgehead atoms. The number of carbonyl (C=O) groups is 2. The summed E-state index contributed by atoms with van der Waals surface area (Å²) in [7, 11) is 0. The van der Waals surface area contributed by atoms with Gasteiger partial charge in [-0.15, -0.1) is 0 Å². The average Bonchev–Trinajstić information content (AvgIpc) is 3.77. The highest BCUT2D eigenvalue weighted by Gasteiger charge is 2.24. The molecule has 0 saturated heterocycles. The van der Waals surface area contributed by atoms with Crippen molar-refractivity contribution in [2.45, 2.75) is 44.9 Å². The van der Waals surface area contributed by atoms with Crippen LogP contribution in [0.5, 0.6) is 11.5 Å². The number of carboxylic acids is 1. The van der Waals surface area contributed by atoms with Crippen molar-refractivity contribution < 1.29 is 24.2 Å². The first-order valence-electron chi connectivity index (χ1n) is 13.2. The zero-order chi connectivity index (χ0) is 28.5. The minimum absolute atomic E-state index is 0.241. The van der Waals surface area contributed by atoms with E-state index in [1.807, 2.05) is 30.3 Å². The number of hydrogen-bond acceptors (Lipinski definition) is 5. The summed E-state index contributed by atoms with van der Waals surface area (Å²) in [6.45, 7) is 1.42. The summed E-state index contributed by atoms with van der Waals surface area (Å²) in [5, 5.41) is 15.6. The minimum atomic E-state index is -0.978. The van der Waals surface area contributed by atoms with Crippen molar-refractivity contribution in [3.63, 3.8) is 0 Å². The van der Waals surface area contributed by atoms with Crippen molar-refractivity contribution in [1.29, 1.82) is 0 Å². The van der Waals surface area contributed by atoms with Crippen LogP contribution in [0.3, 0.4) is 0 Å². The van der Waals surface area contributed by atoms with Crippen LogP contribution in [0.25, 0.3) is 11.1 Å². The number of nitrogens with two attached hydrogens (primary N) is 1. The number of aliphatic carboxylic acids is 1. The van der Waals surface area contributed by atoms with Gasteiger partial charge in [-0.25, -0.2) is 4.79 Å². The Bertz CT molecular complexity index is 1320. The summed E-state index contributed by atoms with van der Waals surface area (Å²) in [6, 6.07) is 18.3. The molecule has 0 aliphatic heterocycles. The molecule has 8 nitrogen and oxygen atoms in total. The zero-order valence-electron chi connectivity index (χ0n) is 22.0. The highest BCUT2D eigenvalue weighted by atomic mass is 79.9. The van der Waals surface area contributed by atoms with Gasteiger partial charge in [0.1, 0.15) is 24.1 Å². The Balaban J connectivity index is 1.46. The summed E-state index contributed by atoms with van der Waals surface area (Å²) >= 11 is 10.4. The molecule has 212 valence electrons. The maximum absolute atomic E-state index is 11.8. The Labute approximate surface area is 247 Å². The van der Waals surface area contributed by atoms with Gasteiger partial charge in [0, 0.05) is 34.8 Å². The predicted molar refractivity (Wildman–Crippen MR) is 159 cm³/mol. The third kappa shape index (κ3) is 8.61. The quantitative estimate of drug-likeness (QED) is 0.150. The lowest BCUT2D eigenvalue weighted by atomic mass is 10.0. The molecule has 1 atom stereocenters. The van der Waals surface area contributed by atoms with Crippen molar-refractivity contribution >= 4 is 39.5 Å². The summed E-state index contributed by atoms with van der Waals surface area (Å²) in [6.07, 6.45) is 3.06. The van der Waals surface area contributed by atoms with Crippen LogP contribution < -0.4 is 25.8 Å². The van der Waals surface area contributed by atoms with Gasteiger partial charge in [0.25, 0.3) is 0 Å². The molecular weight excluding hydrogens is 598 g/mol. The van der Waals surface area contributed by atoms with Crippen LogP contribution in [0.2, 0.25) is 5.02 Å². The molecule has 1 saturated carbocycles. The number of amides is 2. The molecule has 1 aliphatic carbocycles. The Morgan fingerprint density at radius 3 is 2.52 bits per heavy atom. The molecule has 1 fully saturated rings. The van der Waals surface area contributed by atoms with Crippen molar-refractivity contribution in [3.05, 3.63) is 81.3 Å². The average molecular weight is 631 g/mol. The molecule has 0 radical (unpaired) electrons. The SMILES string of the molecule is NC(=O)NCCCC(NCc1cc(Cl)c(OCc2cccc(-c3ccccc3)c2Br)cc1OCC1CC1)C(=O)O. The first kappa shape index (κ1) is 29.7. The number of urea groups is 1. The number of rotatable bonds is 15. The van der Waals surface area contributed by atoms with E-state index in [0.717, 1.165) is 39.6 Å². The number of primary amides is 1. The first-order valence-corrected chi connectivity index (χ1v) is 14.4. The number of carbonyl (C=O) groups excluding carboxylic acids is 1. The van der Waals surface area contributed by atoms with Crippen molar-refractivity contribution in [2.75, 3.05) is 13.2 Å². The van der Waals surface area contributed by atoms with E-state index in [-0.39, 0.29) is 6.54 Å². The molecule has 3 aromatic carbocycles. The second-order valence-corrected chi connectivity index (χ2v) is 11.0. The van der Waals surface area contributed by atoms with E-state index in [4.69, 9.17) is 26.8 Å². The molecule has 4 rings (SSSR count). The molecule has 2 amide bonds. The van der Waals surface area contributed by atoms with E-state index in [1.165, 1.54) is 0 Å². The van der Waals surface area contributed by atoms with Gasteiger partial charge in [0.15, 0.2) is 0 Å². The Kier molecular flexibility index (Phi) is 10.7. The van der Waals surface area contributed by atoms with Gasteiger partial charge in [-0.3, -0.25) is 4.79 Å². The molecule has 40 heavy (non-hydrogen) atoms. The van der Waals surface area contributed by atoms with E-state index < -0.39 is 18.0 Å². The maximum atomic E-state index is 11.8. The summed E-state index contributed by atoms with van der Waals surface area (Å²) < 4.78 is 13.2. The summed E-state index contributed by atoms with van der Waals surface area (Å²) in [4.78, 5) is 22.6. The zero-order valence-corrected chi connectivity index (χ0v) is 24.3. The van der Waals surface area contributed by atoms with Crippen LogP contribution in [0.1, 0.15) is 36.8 Å². The van der Waals surface area contributed by atoms with Crippen LogP contribution in [0.4, 0.5) is 4.79 Å². The standard InChI is InChI=1S/C30H33BrClN3O5/c31-28-21(8-4-9-23(28)20-6-2-1-3-7-20)18-40-27-15-26(39-17-19-11-12-19)22(14-24(27)32)16-35-25(29(36)37)10-5-13-34-30(33)38/h1-4,6-9,14-15,19,25,35H,5,10-13,16-18H2,(H,36,37)(H3,33,34,38). The fourth-order valence-electron chi connectivity index (χ4n) is 4.20. The van der Waals surface area contributed by atoms with Gasteiger partial charge in [-0.05, 0) is 64.7 Å². The smallest absolute Gasteiger partial charge is 0.320 e. The molecular formula is C30H33BrClN3O5.